The second-order valence-electron chi connectivity index (χ2n) is 10.2. The molecule has 6 rings (SSSR count). The summed E-state index contributed by atoms with van der Waals surface area (Å²) >= 11 is 0. The lowest BCUT2D eigenvalue weighted by Crippen LogP contribution is -2.36. The van der Waals surface area contributed by atoms with E-state index in [0.29, 0.717) is 43.1 Å². The number of aryl methyl sites for hydroxylation is 1. The lowest BCUT2D eigenvalue weighted by molar-refractivity contribution is 0.0734. The highest BCUT2D eigenvalue weighted by Crippen LogP contribution is 2.25. The van der Waals surface area contributed by atoms with Crippen LogP contribution < -0.4 is 10.6 Å². The minimum absolute atomic E-state index is 0.0255. The zero-order valence-corrected chi connectivity index (χ0v) is 23.2. The van der Waals surface area contributed by atoms with E-state index in [-0.39, 0.29) is 11.8 Å². The number of carbonyl (C=O) groups excluding carboxylic acids is 2. The Labute approximate surface area is 244 Å². The van der Waals surface area contributed by atoms with E-state index in [1.54, 1.807) is 18.6 Å². The number of benzene rings is 3. The summed E-state index contributed by atoms with van der Waals surface area (Å²) in [5, 5.41) is 6.29. The first-order valence-corrected chi connectivity index (χ1v) is 13.9. The Morgan fingerprint density at radius 2 is 1.76 bits per heavy atom. The molecular formula is C34H30N6O2. The van der Waals surface area contributed by atoms with Crippen molar-refractivity contribution in [2.24, 2.45) is 0 Å². The number of aromatic nitrogens is 3. The van der Waals surface area contributed by atoms with Gasteiger partial charge in [0, 0.05) is 60.6 Å². The number of para-hydroxylation sites is 1. The number of hydrogen-bond donors (Lipinski definition) is 2. The van der Waals surface area contributed by atoms with Crippen LogP contribution in [0.3, 0.4) is 0 Å². The van der Waals surface area contributed by atoms with Gasteiger partial charge in [-0.05, 0) is 78.1 Å². The molecule has 0 saturated carbocycles. The molecule has 0 atom stereocenters. The smallest absolute Gasteiger partial charge is 0.255 e. The summed E-state index contributed by atoms with van der Waals surface area (Å²) in [6.07, 6.45) is 5.84. The van der Waals surface area contributed by atoms with Crippen molar-refractivity contribution in [1.29, 1.82) is 0 Å². The predicted octanol–water partition coefficient (Wildman–Crippen LogP) is 5.91. The van der Waals surface area contributed by atoms with Crippen LogP contribution in [0.4, 0.5) is 11.6 Å². The van der Waals surface area contributed by atoms with Gasteiger partial charge in [-0.25, -0.2) is 9.97 Å². The van der Waals surface area contributed by atoms with Gasteiger partial charge in [-0.2, -0.15) is 0 Å². The molecule has 1 aliphatic heterocycles. The summed E-state index contributed by atoms with van der Waals surface area (Å²) in [6, 6.07) is 26.8. The molecule has 0 aliphatic carbocycles. The van der Waals surface area contributed by atoms with Gasteiger partial charge in [-0.1, -0.05) is 42.5 Å². The number of carbonyl (C=O) groups is 2. The van der Waals surface area contributed by atoms with Gasteiger partial charge < -0.3 is 15.5 Å². The van der Waals surface area contributed by atoms with Gasteiger partial charge in [0.05, 0.1) is 5.69 Å². The van der Waals surface area contributed by atoms with E-state index in [9.17, 15) is 9.59 Å². The maximum Gasteiger partial charge on any atom is 0.255 e. The Balaban J connectivity index is 1.08. The van der Waals surface area contributed by atoms with E-state index in [1.165, 1.54) is 0 Å². The summed E-state index contributed by atoms with van der Waals surface area (Å²) in [4.78, 5) is 41.4. The van der Waals surface area contributed by atoms with Crippen LogP contribution >= 0.6 is 0 Å². The first-order valence-electron chi connectivity index (χ1n) is 13.9. The number of nitrogens with zero attached hydrogens (tertiary/aromatic N) is 4. The van der Waals surface area contributed by atoms with Gasteiger partial charge >= 0.3 is 0 Å². The molecule has 2 amide bonds. The third kappa shape index (κ3) is 5.88. The normalized spacial score (nSPS) is 12.4. The third-order valence-electron chi connectivity index (χ3n) is 7.46. The Bertz CT molecular complexity index is 1740. The second kappa shape index (κ2) is 12.0. The van der Waals surface area contributed by atoms with E-state index in [1.807, 2.05) is 96.8 Å². The molecule has 0 radical (unpaired) electrons. The van der Waals surface area contributed by atoms with E-state index in [0.717, 1.165) is 39.2 Å². The van der Waals surface area contributed by atoms with E-state index in [2.05, 4.69) is 25.6 Å². The molecule has 42 heavy (non-hydrogen) atoms. The van der Waals surface area contributed by atoms with Crippen molar-refractivity contribution in [3.8, 4) is 11.3 Å². The van der Waals surface area contributed by atoms with Crippen molar-refractivity contribution in [2.75, 3.05) is 17.2 Å². The molecule has 0 fully saturated rings. The second-order valence-corrected chi connectivity index (χ2v) is 10.2. The van der Waals surface area contributed by atoms with Crippen LogP contribution in [0.1, 0.15) is 43.0 Å². The molecule has 5 aromatic rings. The number of nitrogens with one attached hydrogen (secondary N) is 2. The largest absolute Gasteiger partial charge is 0.350 e. The molecule has 0 spiro atoms. The fourth-order valence-corrected chi connectivity index (χ4v) is 5.15. The fraction of sp³-hybridized carbons (Fsp3) is 0.147. The van der Waals surface area contributed by atoms with Crippen molar-refractivity contribution >= 4 is 23.5 Å². The van der Waals surface area contributed by atoms with Gasteiger partial charge in [0.1, 0.15) is 0 Å². The summed E-state index contributed by atoms with van der Waals surface area (Å²) in [5.41, 5.74) is 7.84. The van der Waals surface area contributed by atoms with Gasteiger partial charge in [0.2, 0.25) is 5.95 Å². The Kier molecular flexibility index (Phi) is 7.68. The SMILES string of the molecule is Cc1ccccc1NC(=O)c1cccc2c1CCN(C(=O)c1ccc(CNc3nccc(-c4cccnc4)n3)cc1)C2. The average molecular weight is 555 g/mol. The van der Waals surface area contributed by atoms with Gasteiger partial charge in [-0.15, -0.1) is 0 Å². The predicted molar refractivity (Wildman–Crippen MR) is 163 cm³/mol. The maximum absolute atomic E-state index is 13.4. The number of rotatable bonds is 7. The minimum Gasteiger partial charge on any atom is -0.350 e. The first-order chi connectivity index (χ1) is 20.5. The van der Waals surface area contributed by atoms with Crippen molar-refractivity contribution < 1.29 is 9.59 Å². The number of amides is 2. The molecule has 0 unspecified atom stereocenters. The van der Waals surface area contributed by atoms with Gasteiger partial charge in [0.25, 0.3) is 11.8 Å². The number of anilines is 2. The number of pyridine rings is 1. The van der Waals surface area contributed by atoms with Crippen LogP contribution in [0.15, 0.2) is 104 Å². The Morgan fingerprint density at radius 1 is 0.905 bits per heavy atom. The molecule has 8 nitrogen and oxygen atoms in total. The summed E-state index contributed by atoms with van der Waals surface area (Å²) in [7, 11) is 0. The highest BCUT2D eigenvalue weighted by Gasteiger charge is 2.25. The van der Waals surface area contributed by atoms with Crippen molar-refractivity contribution in [1.82, 2.24) is 19.9 Å². The lowest BCUT2D eigenvalue weighted by atomic mass is 9.93. The molecule has 8 heteroatoms. The highest BCUT2D eigenvalue weighted by molar-refractivity contribution is 6.06. The summed E-state index contributed by atoms with van der Waals surface area (Å²) < 4.78 is 0. The van der Waals surface area contributed by atoms with E-state index in [4.69, 9.17) is 0 Å². The average Bonchev–Trinajstić information content (AvgIpc) is 3.04. The van der Waals surface area contributed by atoms with Crippen molar-refractivity contribution in [3.63, 3.8) is 0 Å². The molecule has 1 aliphatic rings. The van der Waals surface area contributed by atoms with Crippen LogP contribution in [-0.4, -0.2) is 38.2 Å². The molecule has 2 N–H and O–H groups in total. The van der Waals surface area contributed by atoms with Crippen molar-refractivity contribution in [2.45, 2.75) is 26.4 Å². The quantitative estimate of drug-likeness (QED) is 0.260. The molecule has 0 bridgehead atoms. The lowest BCUT2D eigenvalue weighted by Gasteiger charge is -2.30. The molecule has 2 aromatic heterocycles. The summed E-state index contributed by atoms with van der Waals surface area (Å²) in [5.74, 6) is 0.372. The Hall–Kier alpha value is -5.37. The van der Waals surface area contributed by atoms with Gasteiger partial charge in [-0.3, -0.25) is 14.6 Å². The summed E-state index contributed by atoms with van der Waals surface area (Å²) in [6.45, 7) is 3.51. The van der Waals surface area contributed by atoms with Crippen LogP contribution in [0, 0.1) is 6.92 Å². The monoisotopic (exact) mass is 554 g/mol. The van der Waals surface area contributed by atoms with Gasteiger partial charge in [0.15, 0.2) is 0 Å². The highest BCUT2D eigenvalue weighted by atomic mass is 16.2. The molecule has 0 saturated heterocycles. The maximum atomic E-state index is 13.4. The van der Waals surface area contributed by atoms with Crippen LogP contribution in [0.2, 0.25) is 0 Å². The van der Waals surface area contributed by atoms with Crippen molar-refractivity contribution in [3.05, 3.63) is 137 Å². The fourth-order valence-electron chi connectivity index (χ4n) is 5.15. The first kappa shape index (κ1) is 26.8. The molecular weight excluding hydrogens is 524 g/mol. The molecule has 208 valence electrons. The van der Waals surface area contributed by atoms with E-state index >= 15 is 0 Å². The van der Waals surface area contributed by atoms with Crippen LogP contribution in [0.5, 0.6) is 0 Å². The Morgan fingerprint density at radius 3 is 2.57 bits per heavy atom. The molecule has 3 aromatic carbocycles. The molecule has 3 heterocycles. The number of fused-ring (bicyclic) bond motifs is 1. The van der Waals surface area contributed by atoms with Crippen LogP contribution in [-0.2, 0) is 19.5 Å². The third-order valence-corrected chi connectivity index (χ3v) is 7.46. The zero-order chi connectivity index (χ0) is 28.9. The standard InChI is InChI=1S/C34H30N6O2/c1-23-6-2-3-10-30(23)38-32(41)29-9-4-7-27-22-40(19-16-28(27)29)33(42)25-13-11-24(12-14-25)20-37-34-36-18-15-31(39-34)26-8-5-17-35-21-26/h2-15,17-18,21H,16,19-20,22H2,1H3,(H,38,41)(H,36,37,39). The topological polar surface area (TPSA) is 100 Å². The number of hydrogen-bond acceptors (Lipinski definition) is 6. The minimum atomic E-state index is -0.126. The van der Waals surface area contributed by atoms with Crippen LogP contribution in [0.25, 0.3) is 11.3 Å². The zero-order valence-electron chi connectivity index (χ0n) is 23.2. The van der Waals surface area contributed by atoms with E-state index < -0.39 is 0 Å².